The molecule has 2 aromatic rings. The normalized spacial score (nSPS) is 11.1. The third-order valence-corrected chi connectivity index (χ3v) is 4.32. The van der Waals surface area contributed by atoms with Crippen molar-refractivity contribution in [3.63, 3.8) is 0 Å². The van der Waals surface area contributed by atoms with Gasteiger partial charge in [-0.3, -0.25) is 19.1 Å². The number of nitrogens with zero attached hydrogens (tertiary/aromatic N) is 1. The lowest BCUT2D eigenvalue weighted by Crippen LogP contribution is -2.38. The van der Waals surface area contributed by atoms with Crippen LogP contribution >= 0.6 is 23.2 Å². The Morgan fingerprint density at radius 2 is 1.76 bits per heavy atom. The fraction of sp³-hybridized carbons (Fsp3) is 0.389. The van der Waals surface area contributed by atoms with E-state index in [1.165, 1.54) is 22.8 Å². The molecule has 0 aliphatic carbocycles. The Hall–Kier alpha value is -1.85. The molecule has 0 aliphatic heterocycles. The van der Waals surface area contributed by atoms with Gasteiger partial charge in [-0.25, -0.2) is 4.79 Å². The Morgan fingerprint density at radius 1 is 1.16 bits per heavy atom. The summed E-state index contributed by atoms with van der Waals surface area (Å²) in [5, 5.41) is 0.628. The van der Waals surface area contributed by atoms with E-state index in [0.717, 1.165) is 6.42 Å². The Bertz CT molecular complexity index is 893. The molecule has 0 atom stereocenters. The highest BCUT2D eigenvalue weighted by molar-refractivity contribution is 6.35. The van der Waals surface area contributed by atoms with Crippen molar-refractivity contribution in [3.8, 4) is 0 Å². The van der Waals surface area contributed by atoms with Gasteiger partial charge in [-0.05, 0) is 30.5 Å². The van der Waals surface area contributed by atoms with E-state index in [4.69, 9.17) is 23.2 Å². The quantitative estimate of drug-likeness (QED) is 0.767. The van der Waals surface area contributed by atoms with Crippen LogP contribution in [-0.2, 0) is 6.54 Å². The average molecular weight is 383 g/mol. The second-order valence-corrected chi connectivity index (χ2v) is 7.04. The van der Waals surface area contributed by atoms with E-state index in [9.17, 15) is 14.4 Å². The molecule has 0 saturated carbocycles. The zero-order chi connectivity index (χ0) is 18.7. The van der Waals surface area contributed by atoms with Gasteiger partial charge in [0.2, 0.25) is 5.78 Å². The molecule has 5 nitrogen and oxygen atoms in total. The van der Waals surface area contributed by atoms with Gasteiger partial charge in [0.05, 0.1) is 0 Å². The summed E-state index contributed by atoms with van der Waals surface area (Å²) in [5.74, 6) is -0.668. The first-order valence-electron chi connectivity index (χ1n) is 8.14. The predicted octanol–water partition coefficient (Wildman–Crippen LogP) is 4.00. The van der Waals surface area contributed by atoms with Crippen molar-refractivity contribution in [3.05, 3.63) is 65.9 Å². The van der Waals surface area contributed by atoms with Crippen LogP contribution in [0.15, 0.2) is 27.8 Å². The molecule has 7 heteroatoms. The van der Waals surface area contributed by atoms with Gasteiger partial charge >= 0.3 is 5.69 Å². The van der Waals surface area contributed by atoms with Crippen molar-refractivity contribution in [2.75, 3.05) is 0 Å². The van der Waals surface area contributed by atoms with E-state index in [1.807, 2.05) is 6.92 Å². The average Bonchev–Trinajstić information content (AvgIpc) is 2.51. The summed E-state index contributed by atoms with van der Waals surface area (Å²) >= 11 is 12.0. The number of H-pyrrole nitrogens is 1. The number of hydrogen-bond acceptors (Lipinski definition) is 3. The van der Waals surface area contributed by atoms with Gasteiger partial charge in [0.25, 0.3) is 5.56 Å². The van der Waals surface area contributed by atoms with Crippen LogP contribution in [0.1, 0.15) is 61.1 Å². The summed E-state index contributed by atoms with van der Waals surface area (Å²) in [6.45, 7) is 5.95. The zero-order valence-corrected chi connectivity index (χ0v) is 15.9. The van der Waals surface area contributed by atoms with Crippen molar-refractivity contribution in [2.24, 2.45) is 0 Å². The fourth-order valence-corrected chi connectivity index (χ4v) is 3.24. The largest absolute Gasteiger partial charge is 0.328 e. The third-order valence-electron chi connectivity index (χ3n) is 3.89. The maximum Gasteiger partial charge on any atom is 0.328 e. The number of carbonyl (C=O) groups is 1. The number of nitrogens with one attached hydrogen (secondary N) is 1. The molecule has 134 valence electrons. The van der Waals surface area contributed by atoms with E-state index in [2.05, 4.69) is 4.98 Å². The molecule has 1 aromatic heterocycles. The first-order valence-corrected chi connectivity index (χ1v) is 8.89. The van der Waals surface area contributed by atoms with E-state index in [1.54, 1.807) is 13.8 Å². The lowest BCUT2D eigenvalue weighted by molar-refractivity contribution is 0.102. The first-order chi connectivity index (χ1) is 11.8. The number of unbranched alkanes of at least 4 members (excludes halogenated alkanes) is 1. The topological polar surface area (TPSA) is 71.9 Å². The SMILES string of the molecule is CCCCn1c(C(=O)c2cc(Cl)cc(Cl)c2)c(C(C)C)c(=O)[nH]c1=O. The predicted molar refractivity (Wildman–Crippen MR) is 100 cm³/mol. The van der Waals surface area contributed by atoms with E-state index in [-0.39, 0.29) is 22.7 Å². The molecule has 0 radical (unpaired) electrons. The highest BCUT2D eigenvalue weighted by Crippen LogP contribution is 2.23. The van der Waals surface area contributed by atoms with Crippen molar-refractivity contribution in [1.82, 2.24) is 9.55 Å². The van der Waals surface area contributed by atoms with E-state index < -0.39 is 17.0 Å². The van der Waals surface area contributed by atoms with Crippen molar-refractivity contribution in [1.29, 1.82) is 0 Å². The number of benzene rings is 1. The third kappa shape index (κ3) is 4.22. The molecule has 1 N–H and O–H groups in total. The Balaban J connectivity index is 2.77. The summed E-state index contributed by atoms with van der Waals surface area (Å²) in [5.41, 5.74) is -0.481. The molecule has 0 spiro atoms. The van der Waals surface area contributed by atoms with Crippen LogP contribution in [0.25, 0.3) is 0 Å². The molecule has 0 saturated heterocycles. The summed E-state index contributed by atoms with van der Waals surface area (Å²) in [7, 11) is 0. The molecule has 2 rings (SSSR count). The molecular weight excluding hydrogens is 363 g/mol. The monoisotopic (exact) mass is 382 g/mol. The lowest BCUT2D eigenvalue weighted by atomic mass is 9.97. The van der Waals surface area contributed by atoms with Crippen LogP contribution in [0.3, 0.4) is 0 Å². The highest BCUT2D eigenvalue weighted by Gasteiger charge is 2.24. The van der Waals surface area contributed by atoms with Crippen LogP contribution in [-0.4, -0.2) is 15.3 Å². The van der Waals surface area contributed by atoms with Gasteiger partial charge in [0.1, 0.15) is 5.69 Å². The Morgan fingerprint density at radius 3 is 2.28 bits per heavy atom. The first kappa shape index (κ1) is 19.5. The maximum atomic E-state index is 13.1. The van der Waals surface area contributed by atoms with Gasteiger partial charge < -0.3 is 0 Å². The van der Waals surface area contributed by atoms with Gasteiger partial charge in [-0.1, -0.05) is 50.4 Å². The highest BCUT2D eigenvalue weighted by atomic mass is 35.5. The molecule has 0 unspecified atom stereocenters. The minimum atomic E-state index is -0.584. The number of carbonyl (C=O) groups excluding carboxylic acids is 1. The number of rotatable bonds is 6. The summed E-state index contributed by atoms with van der Waals surface area (Å²) in [4.78, 5) is 40.1. The minimum absolute atomic E-state index is 0.107. The number of halogens is 2. The van der Waals surface area contributed by atoms with Crippen molar-refractivity contribution < 1.29 is 4.79 Å². The lowest BCUT2D eigenvalue weighted by Gasteiger charge is -2.17. The molecule has 0 bridgehead atoms. The number of ketones is 1. The minimum Gasteiger partial charge on any atom is -0.290 e. The molecule has 0 amide bonds. The Kier molecular flexibility index (Phi) is 6.25. The van der Waals surface area contributed by atoms with Crippen molar-refractivity contribution in [2.45, 2.75) is 46.1 Å². The molecule has 1 aromatic carbocycles. The summed E-state index contributed by atoms with van der Waals surface area (Å²) in [6, 6.07) is 4.48. The molecular formula is C18H20Cl2N2O3. The van der Waals surface area contributed by atoms with E-state index >= 15 is 0 Å². The second kappa shape index (κ2) is 8.02. The zero-order valence-electron chi connectivity index (χ0n) is 14.4. The van der Waals surface area contributed by atoms with Crippen LogP contribution in [0.4, 0.5) is 0 Å². The number of aromatic amines is 1. The second-order valence-electron chi connectivity index (χ2n) is 6.17. The fourth-order valence-electron chi connectivity index (χ4n) is 2.72. The van der Waals surface area contributed by atoms with Crippen LogP contribution in [0, 0.1) is 0 Å². The molecule has 0 fully saturated rings. The van der Waals surface area contributed by atoms with Gasteiger partial charge in [-0.15, -0.1) is 0 Å². The van der Waals surface area contributed by atoms with Crippen LogP contribution in [0.2, 0.25) is 10.0 Å². The summed E-state index contributed by atoms with van der Waals surface area (Å²) in [6.07, 6.45) is 1.55. The Labute approximate surface area is 155 Å². The van der Waals surface area contributed by atoms with Gasteiger partial charge in [0, 0.05) is 27.7 Å². The number of aromatic nitrogens is 2. The van der Waals surface area contributed by atoms with Gasteiger partial charge in [0.15, 0.2) is 0 Å². The number of hydrogen-bond donors (Lipinski definition) is 1. The molecule has 0 aliphatic rings. The maximum absolute atomic E-state index is 13.1. The molecule has 25 heavy (non-hydrogen) atoms. The van der Waals surface area contributed by atoms with Crippen molar-refractivity contribution >= 4 is 29.0 Å². The van der Waals surface area contributed by atoms with E-state index in [0.29, 0.717) is 23.0 Å². The van der Waals surface area contributed by atoms with Crippen LogP contribution < -0.4 is 11.2 Å². The van der Waals surface area contributed by atoms with Crippen LogP contribution in [0.5, 0.6) is 0 Å². The van der Waals surface area contributed by atoms with Gasteiger partial charge in [-0.2, -0.15) is 0 Å². The molecule has 1 heterocycles. The summed E-state index contributed by atoms with van der Waals surface area (Å²) < 4.78 is 1.34. The smallest absolute Gasteiger partial charge is 0.290 e. The standard InChI is InChI=1S/C18H20Cl2N2O3/c1-4-5-6-22-15(14(10(2)3)17(24)21-18(22)25)16(23)11-7-12(19)9-13(20)8-11/h7-10H,4-6H2,1-3H3,(H,21,24,25).